The summed E-state index contributed by atoms with van der Waals surface area (Å²) in [4.78, 5) is 10.4. The number of rotatable bonds is 6. The molecule has 0 fully saturated rings. The van der Waals surface area contributed by atoms with Crippen LogP contribution in [0.15, 0.2) is 18.2 Å². The summed E-state index contributed by atoms with van der Waals surface area (Å²) in [5.41, 5.74) is -0.109. The number of carboxylic acids is 1. The van der Waals surface area contributed by atoms with Crippen molar-refractivity contribution in [3.63, 3.8) is 0 Å². The molecule has 2 aromatic rings. The highest BCUT2D eigenvalue weighted by Crippen LogP contribution is 2.15. The van der Waals surface area contributed by atoms with Crippen molar-refractivity contribution < 1.29 is 18.7 Å². The lowest BCUT2D eigenvalue weighted by atomic mass is 10.1. The summed E-state index contributed by atoms with van der Waals surface area (Å²) in [6.07, 6.45) is 0.235. The smallest absolute Gasteiger partial charge is 0.303 e. The van der Waals surface area contributed by atoms with E-state index >= 15 is 0 Å². The fourth-order valence-corrected chi connectivity index (χ4v) is 1.76. The molecular formula is C12H12F2N4O2. The van der Waals surface area contributed by atoms with Gasteiger partial charge in [0.2, 0.25) is 0 Å². The number of aryl methyl sites for hydroxylation is 1. The van der Waals surface area contributed by atoms with E-state index in [1.54, 1.807) is 0 Å². The molecule has 0 saturated carbocycles. The van der Waals surface area contributed by atoms with Crippen LogP contribution in [0.5, 0.6) is 0 Å². The third kappa shape index (κ3) is 3.34. The molecule has 6 nitrogen and oxygen atoms in total. The lowest BCUT2D eigenvalue weighted by Crippen LogP contribution is -2.09. The number of benzene rings is 1. The van der Waals surface area contributed by atoms with Gasteiger partial charge in [-0.05, 0) is 29.0 Å². The molecule has 0 unspecified atom stereocenters. The van der Waals surface area contributed by atoms with Crippen LogP contribution in [0.4, 0.5) is 8.78 Å². The van der Waals surface area contributed by atoms with E-state index in [1.807, 2.05) is 0 Å². The Labute approximate surface area is 113 Å². The maximum absolute atomic E-state index is 13.5. The van der Waals surface area contributed by atoms with E-state index < -0.39 is 17.6 Å². The van der Waals surface area contributed by atoms with Gasteiger partial charge in [0.05, 0.1) is 0 Å². The largest absolute Gasteiger partial charge is 0.481 e. The molecule has 0 amide bonds. The first-order chi connectivity index (χ1) is 9.58. The molecule has 0 spiro atoms. The molecule has 1 N–H and O–H groups in total. The van der Waals surface area contributed by atoms with E-state index in [0.29, 0.717) is 12.2 Å². The number of aromatic nitrogens is 4. The second-order valence-electron chi connectivity index (χ2n) is 4.19. The highest BCUT2D eigenvalue weighted by atomic mass is 19.1. The van der Waals surface area contributed by atoms with Crippen molar-refractivity contribution >= 4 is 5.97 Å². The Bertz CT molecular complexity index is 595. The third-order valence-electron chi connectivity index (χ3n) is 2.76. The van der Waals surface area contributed by atoms with Gasteiger partial charge < -0.3 is 5.11 Å². The van der Waals surface area contributed by atoms with Crippen LogP contribution in [0.1, 0.15) is 24.2 Å². The topological polar surface area (TPSA) is 80.9 Å². The van der Waals surface area contributed by atoms with Gasteiger partial charge >= 0.3 is 5.97 Å². The van der Waals surface area contributed by atoms with Gasteiger partial charge in [0.25, 0.3) is 0 Å². The molecular weight excluding hydrogens is 270 g/mol. The maximum atomic E-state index is 13.5. The van der Waals surface area contributed by atoms with Gasteiger partial charge in [0.15, 0.2) is 5.82 Å². The molecule has 0 aliphatic rings. The minimum absolute atomic E-state index is 0.0205. The summed E-state index contributed by atoms with van der Waals surface area (Å²) in [6, 6.07) is 3.61. The second-order valence-corrected chi connectivity index (χ2v) is 4.19. The van der Waals surface area contributed by atoms with Crippen molar-refractivity contribution in [3.05, 3.63) is 41.2 Å². The van der Waals surface area contributed by atoms with Crippen LogP contribution < -0.4 is 0 Å². The molecule has 1 aromatic carbocycles. The molecule has 2 rings (SSSR count). The number of hydrogen-bond donors (Lipinski definition) is 1. The molecule has 0 saturated heterocycles. The van der Waals surface area contributed by atoms with Crippen LogP contribution in [-0.4, -0.2) is 31.3 Å². The first-order valence-electron chi connectivity index (χ1n) is 5.97. The van der Waals surface area contributed by atoms with Crippen LogP contribution in [0.2, 0.25) is 0 Å². The predicted molar refractivity (Wildman–Crippen MR) is 63.9 cm³/mol. The molecule has 0 aliphatic heterocycles. The van der Waals surface area contributed by atoms with Crippen LogP contribution in [0.25, 0.3) is 0 Å². The first-order valence-corrected chi connectivity index (χ1v) is 5.97. The Hall–Kier alpha value is -2.38. The Morgan fingerprint density at radius 2 is 2.00 bits per heavy atom. The molecule has 0 radical (unpaired) electrons. The summed E-state index contributed by atoms with van der Waals surface area (Å²) in [5, 5.41) is 19.4. The molecule has 1 heterocycles. The molecule has 0 aliphatic carbocycles. The summed E-state index contributed by atoms with van der Waals surface area (Å²) < 4.78 is 28.4. The normalized spacial score (nSPS) is 10.7. The zero-order chi connectivity index (χ0) is 14.5. The Kier molecular flexibility index (Phi) is 4.34. The number of hydrogen-bond acceptors (Lipinski definition) is 4. The van der Waals surface area contributed by atoms with Gasteiger partial charge in [-0.2, -0.15) is 0 Å². The molecule has 20 heavy (non-hydrogen) atoms. The standard InChI is InChI=1S/C12H12F2N4O2/c13-9-3-1-4-10(14)8(9)7-11-15-16-17-18(11)6-2-5-12(19)20/h1,3-4H,2,5-7H2,(H,19,20). The summed E-state index contributed by atoms with van der Waals surface area (Å²) >= 11 is 0. The fourth-order valence-electron chi connectivity index (χ4n) is 1.76. The Morgan fingerprint density at radius 3 is 2.65 bits per heavy atom. The van der Waals surface area contributed by atoms with Gasteiger partial charge in [-0.1, -0.05) is 6.07 Å². The van der Waals surface area contributed by atoms with E-state index in [-0.39, 0.29) is 24.9 Å². The minimum Gasteiger partial charge on any atom is -0.481 e. The summed E-state index contributed by atoms with van der Waals surface area (Å²) in [6.45, 7) is 0.282. The summed E-state index contributed by atoms with van der Waals surface area (Å²) in [5.74, 6) is -1.95. The monoisotopic (exact) mass is 282 g/mol. The Morgan fingerprint density at radius 1 is 1.30 bits per heavy atom. The zero-order valence-electron chi connectivity index (χ0n) is 10.5. The van der Waals surface area contributed by atoms with Crippen molar-refractivity contribution in [2.24, 2.45) is 0 Å². The van der Waals surface area contributed by atoms with Crippen molar-refractivity contribution in [3.8, 4) is 0 Å². The molecule has 106 valence electrons. The maximum Gasteiger partial charge on any atom is 0.303 e. The second kappa shape index (κ2) is 6.18. The van der Waals surface area contributed by atoms with Crippen molar-refractivity contribution in [2.45, 2.75) is 25.8 Å². The molecule has 0 atom stereocenters. The first kappa shape index (κ1) is 14.0. The number of nitrogens with zero attached hydrogens (tertiary/aromatic N) is 4. The fraction of sp³-hybridized carbons (Fsp3) is 0.333. The number of carboxylic acid groups (broad SMARTS) is 1. The molecule has 8 heteroatoms. The van der Waals surface area contributed by atoms with Crippen LogP contribution >= 0.6 is 0 Å². The lowest BCUT2D eigenvalue weighted by Gasteiger charge is -2.05. The van der Waals surface area contributed by atoms with E-state index in [1.165, 1.54) is 10.7 Å². The Balaban J connectivity index is 2.10. The van der Waals surface area contributed by atoms with Gasteiger partial charge in [-0.25, -0.2) is 13.5 Å². The van der Waals surface area contributed by atoms with E-state index in [4.69, 9.17) is 5.11 Å². The van der Waals surface area contributed by atoms with Gasteiger partial charge in [0.1, 0.15) is 11.6 Å². The average molecular weight is 282 g/mol. The zero-order valence-corrected chi connectivity index (χ0v) is 10.5. The van der Waals surface area contributed by atoms with Gasteiger partial charge in [0, 0.05) is 24.9 Å². The predicted octanol–water partition coefficient (Wildman–Crippen LogP) is 1.41. The number of carbonyl (C=O) groups is 1. The molecule has 0 bridgehead atoms. The molecule has 1 aromatic heterocycles. The van der Waals surface area contributed by atoms with Crippen molar-refractivity contribution in [1.29, 1.82) is 0 Å². The lowest BCUT2D eigenvalue weighted by molar-refractivity contribution is -0.137. The van der Waals surface area contributed by atoms with Crippen molar-refractivity contribution in [2.75, 3.05) is 0 Å². The van der Waals surface area contributed by atoms with Crippen molar-refractivity contribution in [1.82, 2.24) is 20.2 Å². The van der Waals surface area contributed by atoms with Crippen LogP contribution in [-0.2, 0) is 17.8 Å². The average Bonchev–Trinajstić information content (AvgIpc) is 2.81. The number of aliphatic carboxylic acids is 1. The SMILES string of the molecule is O=C(O)CCCn1nnnc1Cc1c(F)cccc1F. The highest BCUT2D eigenvalue weighted by molar-refractivity contribution is 5.66. The van der Waals surface area contributed by atoms with E-state index in [0.717, 1.165) is 12.1 Å². The van der Waals surface area contributed by atoms with Crippen LogP contribution in [0, 0.1) is 11.6 Å². The van der Waals surface area contributed by atoms with E-state index in [2.05, 4.69) is 15.5 Å². The van der Waals surface area contributed by atoms with Gasteiger partial charge in [-0.15, -0.1) is 5.10 Å². The van der Waals surface area contributed by atoms with Gasteiger partial charge in [-0.3, -0.25) is 4.79 Å². The number of tetrazole rings is 1. The number of halogens is 2. The highest BCUT2D eigenvalue weighted by Gasteiger charge is 2.14. The minimum atomic E-state index is -0.917. The van der Waals surface area contributed by atoms with Crippen LogP contribution in [0.3, 0.4) is 0 Å². The summed E-state index contributed by atoms with van der Waals surface area (Å²) in [7, 11) is 0. The quantitative estimate of drug-likeness (QED) is 0.866. The third-order valence-corrected chi connectivity index (χ3v) is 2.76. The van der Waals surface area contributed by atoms with E-state index in [9.17, 15) is 13.6 Å².